The summed E-state index contributed by atoms with van der Waals surface area (Å²) in [6.07, 6.45) is 3.77. The second kappa shape index (κ2) is 7.65. The normalized spacial score (nSPS) is 15.5. The van der Waals surface area contributed by atoms with Crippen LogP contribution in [0.4, 0.5) is 0 Å². The highest BCUT2D eigenvalue weighted by atomic mass is 16.5. The van der Waals surface area contributed by atoms with Gasteiger partial charge in [0.1, 0.15) is 0 Å². The number of hydrogen-bond acceptors (Lipinski definition) is 4. The molecule has 1 saturated heterocycles. The Morgan fingerprint density at radius 3 is 2.80 bits per heavy atom. The first-order chi connectivity index (χ1) is 12.1. The van der Waals surface area contributed by atoms with Crippen LogP contribution in [0.5, 0.6) is 0 Å². The molecule has 0 aliphatic carbocycles. The number of carbonyl (C=O) groups excluding carboxylic acids is 2. The second-order valence-corrected chi connectivity index (χ2v) is 6.46. The van der Waals surface area contributed by atoms with Crippen LogP contribution in [0.25, 0.3) is 5.52 Å². The summed E-state index contributed by atoms with van der Waals surface area (Å²) in [5.41, 5.74) is 0.900. The van der Waals surface area contributed by atoms with Crippen molar-refractivity contribution in [2.75, 3.05) is 33.4 Å². The third kappa shape index (κ3) is 3.66. The van der Waals surface area contributed by atoms with Gasteiger partial charge in [-0.05, 0) is 30.9 Å². The van der Waals surface area contributed by atoms with Crippen LogP contribution in [0.1, 0.15) is 40.9 Å². The van der Waals surface area contributed by atoms with Gasteiger partial charge < -0.3 is 15.0 Å². The Balaban J connectivity index is 1.88. The van der Waals surface area contributed by atoms with Crippen LogP contribution in [0.15, 0.2) is 24.4 Å². The fourth-order valence-corrected chi connectivity index (χ4v) is 3.06. The quantitative estimate of drug-likeness (QED) is 0.836. The Kier molecular flexibility index (Phi) is 5.33. The minimum Gasteiger partial charge on any atom is -0.383 e. The summed E-state index contributed by atoms with van der Waals surface area (Å²) in [5.74, 6) is 0.515. The Labute approximate surface area is 147 Å². The molecule has 0 aromatic carbocycles. The van der Waals surface area contributed by atoms with E-state index >= 15 is 0 Å². The van der Waals surface area contributed by atoms with Crippen LogP contribution in [-0.4, -0.2) is 59.4 Å². The Bertz CT molecular complexity index is 763. The molecule has 3 rings (SSSR count). The lowest BCUT2D eigenvalue weighted by Crippen LogP contribution is -2.38. The number of ether oxygens (including phenoxy) is 1. The van der Waals surface area contributed by atoms with Crippen molar-refractivity contribution in [2.45, 2.75) is 19.8 Å². The zero-order valence-corrected chi connectivity index (χ0v) is 14.7. The maximum absolute atomic E-state index is 12.9. The number of imidazole rings is 1. The van der Waals surface area contributed by atoms with Crippen molar-refractivity contribution in [2.24, 2.45) is 5.92 Å². The Hall–Kier alpha value is -2.41. The predicted octanol–water partition coefficient (Wildman–Crippen LogP) is 1.58. The first-order valence-corrected chi connectivity index (χ1v) is 8.65. The van der Waals surface area contributed by atoms with Crippen molar-refractivity contribution in [3.05, 3.63) is 35.9 Å². The zero-order valence-electron chi connectivity index (χ0n) is 14.7. The summed E-state index contributed by atoms with van der Waals surface area (Å²) in [6, 6.07) is 5.46. The molecule has 1 aliphatic rings. The average molecular weight is 344 g/mol. The Morgan fingerprint density at radius 1 is 1.32 bits per heavy atom. The number of amides is 2. The van der Waals surface area contributed by atoms with Gasteiger partial charge in [0, 0.05) is 32.9 Å². The lowest BCUT2D eigenvalue weighted by Gasteiger charge is -2.29. The predicted molar refractivity (Wildman–Crippen MR) is 93.7 cm³/mol. The number of rotatable bonds is 5. The molecule has 134 valence electrons. The molecular weight excluding hydrogens is 320 g/mol. The van der Waals surface area contributed by atoms with E-state index in [1.54, 1.807) is 23.8 Å². The molecule has 0 atom stereocenters. The molecule has 1 aliphatic heterocycles. The molecule has 1 N–H and O–H groups in total. The minimum absolute atomic E-state index is 0.121. The van der Waals surface area contributed by atoms with Crippen molar-refractivity contribution in [1.29, 1.82) is 0 Å². The topological polar surface area (TPSA) is 75.9 Å². The number of nitrogens with one attached hydrogen (secondary N) is 1. The summed E-state index contributed by atoms with van der Waals surface area (Å²) in [6.45, 7) is 4.49. The number of methoxy groups -OCH3 is 1. The van der Waals surface area contributed by atoms with E-state index < -0.39 is 0 Å². The summed E-state index contributed by atoms with van der Waals surface area (Å²) < 4.78 is 6.65. The molecule has 0 spiro atoms. The number of aromatic nitrogens is 2. The van der Waals surface area contributed by atoms with Gasteiger partial charge >= 0.3 is 0 Å². The van der Waals surface area contributed by atoms with Gasteiger partial charge in [-0.2, -0.15) is 0 Å². The lowest BCUT2D eigenvalue weighted by atomic mass is 9.99. The standard InChI is InChI=1S/C18H24N4O3/c1-13-6-10-21(11-7-13)18(24)16-20-15(17(23)19-8-12-25-2)14-5-3-4-9-22(14)16/h3-5,9,13H,6-8,10-12H2,1-2H3,(H,19,23). The van der Waals surface area contributed by atoms with E-state index in [0.717, 1.165) is 25.9 Å². The van der Waals surface area contributed by atoms with Gasteiger partial charge in [-0.15, -0.1) is 0 Å². The largest absolute Gasteiger partial charge is 0.383 e. The smallest absolute Gasteiger partial charge is 0.290 e. The van der Waals surface area contributed by atoms with E-state index in [4.69, 9.17) is 4.74 Å². The number of hydrogen-bond donors (Lipinski definition) is 1. The van der Waals surface area contributed by atoms with Crippen LogP contribution in [0.2, 0.25) is 0 Å². The van der Waals surface area contributed by atoms with Gasteiger partial charge in [0.05, 0.1) is 12.1 Å². The van der Waals surface area contributed by atoms with Gasteiger partial charge in [-0.25, -0.2) is 4.98 Å². The van der Waals surface area contributed by atoms with Crippen molar-refractivity contribution >= 4 is 17.3 Å². The molecule has 0 bridgehead atoms. The maximum atomic E-state index is 12.9. The minimum atomic E-state index is -0.299. The van der Waals surface area contributed by atoms with Crippen molar-refractivity contribution < 1.29 is 14.3 Å². The third-order valence-electron chi connectivity index (χ3n) is 4.62. The molecule has 1 fully saturated rings. The highest BCUT2D eigenvalue weighted by molar-refractivity contribution is 6.02. The van der Waals surface area contributed by atoms with Crippen LogP contribution in [-0.2, 0) is 4.74 Å². The molecule has 0 saturated carbocycles. The second-order valence-electron chi connectivity index (χ2n) is 6.46. The molecule has 7 nitrogen and oxygen atoms in total. The number of pyridine rings is 1. The first-order valence-electron chi connectivity index (χ1n) is 8.65. The van der Waals surface area contributed by atoms with E-state index in [1.165, 1.54) is 0 Å². The first kappa shape index (κ1) is 17.4. The van der Waals surface area contributed by atoms with Gasteiger partial charge in [0.25, 0.3) is 11.8 Å². The summed E-state index contributed by atoms with van der Waals surface area (Å²) in [7, 11) is 1.58. The molecule has 2 amide bonds. The summed E-state index contributed by atoms with van der Waals surface area (Å²) >= 11 is 0. The third-order valence-corrected chi connectivity index (χ3v) is 4.62. The van der Waals surface area contributed by atoms with Crippen LogP contribution in [0.3, 0.4) is 0 Å². The van der Waals surface area contributed by atoms with Gasteiger partial charge in [0.15, 0.2) is 5.69 Å². The van der Waals surface area contributed by atoms with Crippen molar-refractivity contribution in [3.8, 4) is 0 Å². The van der Waals surface area contributed by atoms with Gasteiger partial charge in [-0.3, -0.25) is 14.0 Å². The summed E-state index contributed by atoms with van der Waals surface area (Å²) in [4.78, 5) is 31.5. The number of fused-ring (bicyclic) bond motifs is 1. The SMILES string of the molecule is COCCNC(=O)c1nc(C(=O)N2CCC(C)CC2)n2ccccc12. The highest BCUT2D eigenvalue weighted by Gasteiger charge is 2.27. The molecule has 3 heterocycles. The highest BCUT2D eigenvalue weighted by Crippen LogP contribution is 2.20. The average Bonchev–Trinajstić information content (AvgIpc) is 3.02. The van der Waals surface area contributed by atoms with E-state index in [2.05, 4.69) is 17.2 Å². The van der Waals surface area contributed by atoms with Crippen LogP contribution >= 0.6 is 0 Å². The number of likely N-dealkylation sites (tertiary alicyclic amines) is 1. The van der Waals surface area contributed by atoms with Crippen molar-refractivity contribution in [3.63, 3.8) is 0 Å². The molecule has 0 unspecified atom stereocenters. The molecule has 25 heavy (non-hydrogen) atoms. The van der Waals surface area contributed by atoms with Gasteiger partial charge in [0.2, 0.25) is 5.82 Å². The van der Waals surface area contributed by atoms with E-state index in [0.29, 0.717) is 30.4 Å². The van der Waals surface area contributed by atoms with E-state index in [-0.39, 0.29) is 17.5 Å². The molecule has 7 heteroatoms. The molecule has 2 aromatic heterocycles. The fourth-order valence-electron chi connectivity index (χ4n) is 3.06. The number of carbonyl (C=O) groups is 2. The Morgan fingerprint density at radius 2 is 2.08 bits per heavy atom. The molecular formula is C18H24N4O3. The van der Waals surface area contributed by atoms with E-state index in [9.17, 15) is 9.59 Å². The summed E-state index contributed by atoms with van der Waals surface area (Å²) in [5, 5.41) is 2.76. The van der Waals surface area contributed by atoms with Crippen molar-refractivity contribution in [1.82, 2.24) is 19.6 Å². The lowest BCUT2D eigenvalue weighted by molar-refractivity contribution is 0.0684. The monoisotopic (exact) mass is 344 g/mol. The molecule has 0 radical (unpaired) electrons. The van der Waals surface area contributed by atoms with E-state index in [1.807, 2.05) is 17.0 Å². The number of nitrogens with zero attached hydrogens (tertiary/aromatic N) is 3. The fraction of sp³-hybridized carbons (Fsp3) is 0.500. The van der Waals surface area contributed by atoms with Gasteiger partial charge in [-0.1, -0.05) is 13.0 Å². The number of piperidine rings is 1. The zero-order chi connectivity index (χ0) is 17.8. The molecule has 2 aromatic rings. The maximum Gasteiger partial charge on any atom is 0.290 e. The van der Waals surface area contributed by atoms with Crippen LogP contribution < -0.4 is 5.32 Å². The van der Waals surface area contributed by atoms with Crippen LogP contribution in [0, 0.1) is 5.92 Å².